The van der Waals surface area contributed by atoms with Gasteiger partial charge < -0.3 is 16.6 Å². The molecular formula is C9H19N3O2S. The summed E-state index contributed by atoms with van der Waals surface area (Å²) in [5, 5.41) is 8.56. The highest BCUT2D eigenvalue weighted by atomic mass is 32.2. The van der Waals surface area contributed by atoms with Crippen molar-refractivity contribution in [3.05, 3.63) is 0 Å². The molecule has 15 heavy (non-hydrogen) atoms. The number of nitrogens with zero attached hydrogens (tertiary/aromatic N) is 1. The smallest absolute Gasteiger partial charge is 0.321 e. The van der Waals surface area contributed by atoms with Crippen molar-refractivity contribution in [1.82, 2.24) is 0 Å². The third kappa shape index (κ3) is 7.21. The van der Waals surface area contributed by atoms with Crippen molar-refractivity contribution in [2.45, 2.75) is 32.4 Å². The number of rotatable bonds is 7. The van der Waals surface area contributed by atoms with Gasteiger partial charge in [-0.05, 0) is 13.3 Å². The second-order valence-corrected chi connectivity index (χ2v) is 4.39. The summed E-state index contributed by atoms with van der Waals surface area (Å²) in [6.07, 6.45) is 0.893. The van der Waals surface area contributed by atoms with Crippen LogP contribution in [0.4, 0.5) is 0 Å². The first-order valence-corrected chi connectivity index (χ1v) is 5.98. The van der Waals surface area contributed by atoms with E-state index >= 15 is 0 Å². The number of hydrogen-bond donors (Lipinski definition) is 3. The second-order valence-electron chi connectivity index (χ2n) is 3.31. The maximum atomic E-state index is 10.4. The lowest BCUT2D eigenvalue weighted by Crippen LogP contribution is -2.33. The molecule has 0 saturated carbocycles. The number of aliphatic imine (C=N–C) groups is 1. The summed E-state index contributed by atoms with van der Waals surface area (Å²) in [6, 6.07) is -0.642. The van der Waals surface area contributed by atoms with Gasteiger partial charge in [0.15, 0.2) is 0 Å². The lowest BCUT2D eigenvalue weighted by molar-refractivity contribution is -0.137. The molecule has 5 N–H and O–H groups in total. The minimum Gasteiger partial charge on any atom is -0.480 e. The van der Waals surface area contributed by atoms with Crippen molar-refractivity contribution in [1.29, 1.82) is 0 Å². The van der Waals surface area contributed by atoms with Gasteiger partial charge in [0, 0.05) is 11.5 Å². The quantitative estimate of drug-likeness (QED) is 0.433. The number of hydrogen-bond acceptors (Lipinski definition) is 4. The zero-order chi connectivity index (χ0) is 11.8. The Morgan fingerprint density at radius 3 is 2.53 bits per heavy atom. The van der Waals surface area contributed by atoms with Crippen LogP contribution in [0, 0.1) is 0 Å². The molecule has 0 aromatic rings. The van der Waals surface area contributed by atoms with Gasteiger partial charge in [-0.3, -0.25) is 9.79 Å². The second kappa shape index (κ2) is 7.53. The first-order chi connectivity index (χ1) is 6.97. The van der Waals surface area contributed by atoms with Gasteiger partial charge in [-0.25, -0.2) is 0 Å². The van der Waals surface area contributed by atoms with Crippen LogP contribution in [0.3, 0.4) is 0 Å². The van der Waals surface area contributed by atoms with E-state index in [1.165, 1.54) is 11.8 Å². The third-order valence-corrected chi connectivity index (χ3v) is 3.00. The summed E-state index contributed by atoms with van der Waals surface area (Å²) in [4.78, 5) is 14.7. The number of amidine groups is 1. The van der Waals surface area contributed by atoms with Crippen molar-refractivity contribution in [2.24, 2.45) is 16.5 Å². The molecule has 0 spiro atoms. The Hall–Kier alpha value is -0.750. The van der Waals surface area contributed by atoms with Crippen LogP contribution in [-0.4, -0.2) is 40.5 Å². The molecule has 2 atom stereocenters. The molecule has 0 amide bonds. The Labute approximate surface area is 94.3 Å². The van der Waals surface area contributed by atoms with Crippen LogP contribution in [0.5, 0.6) is 0 Å². The minimum absolute atomic E-state index is 0.154. The fourth-order valence-electron chi connectivity index (χ4n) is 0.937. The molecule has 0 radical (unpaired) electrons. The molecule has 0 aromatic heterocycles. The standard InChI is InChI=1S/C9H19N3O2S/c1-3-7(12-6(2)10)4-15-5-8(11)9(13)14/h7-8H,3-5,11H2,1-2H3,(H2,10,12)(H,13,14)/t7-,8+/m1/s1. The highest BCUT2D eigenvalue weighted by Gasteiger charge is 2.12. The highest BCUT2D eigenvalue weighted by molar-refractivity contribution is 7.99. The van der Waals surface area contributed by atoms with E-state index in [0.717, 1.165) is 12.2 Å². The van der Waals surface area contributed by atoms with Crippen LogP contribution in [0.2, 0.25) is 0 Å². The summed E-state index contributed by atoms with van der Waals surface area (Å²) < 4.78 is 0. The number of thioether (sulfide) groups is 1. The van der Waals surface area contributed by atoms with E-state index in [1.54, 1.807) is 6.92 Å². The van der Waals surface area contributed by atoms with Gasteiger partial charge in [0.1, 0.15) is 6.04 Å². The van der Waals surface area contributed by atoms with E-state index in [0.29, 0.717) is 11.6 Å². The number of carboxylic acids is 1. The summed E-state index contributed by atoms with van der Waals surface area (Å²) in [6.45, 7) is 3.77. The van der Waals surface area contributed by atoms with Crippen LogP contribution in [-0.2, 0) is 4.79 Å². The number of carbonyl (C=O) groups is 1. The lowest BCUT2D eigenvalue weighted by atomic mass is 10.3. The van der Waals surface area contributed by atoms with E-state index in [1.807, 2.05) is 6.92 Å². The molecule has 88 valence electrons. The normalized spacial score (nSPS) is 16.1. The van der Waals surface area contributed by atoms with Crippen LogP contribution >= 0.6 is 11.8 Å². The Morgan fingerprint density at radius 1 is 1.53 bits per heavy atom. The van der Waals surface area contributed by atoms with Crippen LogP contribution in [0.15, 0.2) is 4.99 Å². The lowest BCUT2D eigenvalue weighted by Gasteiger charge is -2.11. The van der Waals surface area contributed by atoms with Gasteiger partial charge in [-0.2, -0.15) is 11.8 Å². The molecule has 0 unspecified atom stereocenters. The molecule has 0 aliphatic rings. The average molecular weight is 233 g/mol. The SMILES string of the molecule is CC[C@H](CSC[C@H](N)C(=O)O)N=C(C)N. The van der Waals surface area contributed by atoms with Crippen molar-refractivity contribution < 1.29 is 9.90 Å². The summed E-state index contributed by atoms with van der Waals surface area (Å²) in [7, 11) is 0. The fourth-order valence-corrected chi connectivity index (χ4v) is 2.05. The first-order valence-electron chi connectivity index (χ1n) is 4.83. The van der Waals surface area contributed by atoms with Crippen LogP contribution in [0.1, 0.15) is 20.3 Å². The Kier molecular flexibility index (Phi) is 7.15. The molecule has 0 aliphatic heterocycles. The van der Waals surface area contributed by atoms with Crippen LogP contribution < -0.4 is 11.5 Å². The zero-order valence-corrected chi connectivity index (χ0v) is 9.96. The Morgan fingerprint density at radius 2 is 2.13 bits per heavy atom. The topological polar surface area (TPSA) is 102 Å². The molecular weight excluding hydrogens is 214 g/mol. The monoisotopic (exact) mass is 233 g/mol. The van der Waals surface area contributed by atoms with Gasteiger partial charge in [0.05, 0.1) is 11.9 Å². The number of carboxylic acid groups (broad SMARTS) is 1. The molecule has 5 nitrogen and oxygen atoms in total. The predicted molar refractivity (Wildman–Crippen MR) is 64.3 cm³/mol. The maximum absolute atomic E-state index is 10.4. The van der Waals surface area contributed by atoms with Crippen molar-refractivity contribution in [3.63, 3.8) is 0 Å². The third-order valence-electron chi connectivity index (χ3n) is 1.78. The van der Waals surface area contributed by atoms with Gasteiger partial charge in [-0.1, -0.05) is 6.92 Å². The fraction of sp³-hybridized carbons (Fsp3) is 0.778. The minimum atomic E-state index is -0.964. The van der Waals surface area contributed by atoms with Gasteiger partial charge >= 0.3 is 5.97 Å². The van der Waals surface area contributed by atoms with E-state index < -0.39 is 12.0 Å². The molecule has 0 heterocycles. The Bertz CT molecular complexity index is 229. The van der Waals surface area contributed by atoms with Gasteiger partial charge in [0.25, 0.3) is 0 Å². The molecule has 0 saturated heterocycles. The zero-order valence-electron chi connectivity index (χ0n) is 9.14. The van der Waals surface area contributed by atoms with Gasteiger partial charge in [0.2, 0.25) is 0 Å². The largest absolute Gasteiger partial charge is 0.480 e. The highest BCUT2D eigenvalue weighted by Crippen LogP contribution is 2.09. The number of nitrogens with two attached hydrogens (primary N) is 2. The van der Waals surface area contributed by atoms with Crippen molar-refractivity contribution >= 4 is 23.6 Å². The molecule has 0 bridgehead atoms. The molecule has 6 heteroatoms. The Balaban J connectivity index is 3.82. The molecule has 0 fully saturated rings. The summed E-state index contributed by atoms with van der Waals surface area (Å²) in [5.74, 6) is 0.760. The van der Waals surface area contributed by atoms with E-state index in [9.17, 15) is 4.79 Å². The summed E-state index contributed by atoms with van der Waals surface area (Å²) >= 11 is 1.50. The maximum Gasteiger partial charge on any atom is 0.321 e. The van der Waals surface area contributed by atoms with E-state index in [2.05, 4.69) is 4.99 Å². The van der Waals surface area contributed by atoms with Crippen molar-refractivity contribution in [2.75, 3.05) is 11.5 Å². The van der Waals surface area contributed by atoms with E-state index in [-0.39, 0.29) is 6.04 Å². The average Bonchev–Trinajstić information content (AvgIpc) is 2.15. The number of aliphatic carboxylic acids is 1. The molecule has 0 aromatic carbocycles. The van der Waals surface area contributed by atoms with Crippen molar-refractivity contribution in [3.8, 4) is 0 Å². The predicted octanol–water partition coefficient (Wildman–Crippen LogP) is 0.287. The molecule has 0 rings (SSSR count). The first kappa shape index (κ1) is 14.2. The van der Waals surface area contributed by atoms with Crippen LogP contribution in [0.25, 0.3) is 0 Å². The molecule has 0 aliphatic carbocycles. The summed E-state index contributed by atoms with van der Waals surface area (Å²) in [5.41, 5.74) is 10.8. The van der Waals surface area contributed by atoms with Gasteiger partial charge in [-0.15, -0.1) is 0 Å². The van der Waals surface area contributed by atoms with E-state index in [4.69, 9.17) is 16.6 Å².